The topological polar surface area (TPSA) is 74.7 Å². The number of anilines is 2. The second-order valence-electron chi connectivity index (χ2n) is 4.47. The molecule has 4 N–H and O–H groups in total. The van der Waals surface area contributed by atoms with E-state index in [9.17, 15) is 8.78 Å². The predicted molar refractivity (Wildman–Crippen MR) is 80.3 cm³/mol. The van der Waals surface area contributed by atoms with E-state index in [1.165, 1.54) is 18.5 Å². The summed E-state index contributed by atoms with van der Waals surface area (Å²) in [7, 11) is 0. The Labute approximate surface area is 132 Å². The quantitative estimate of drug-likeness (QED) is 0.491. The minimum Gasteiger partial charge on any atom is -0.337 e. The van der Waals surface area contributed by atoms with Crippen molar-refractivity contribution in [2.24, 2.45) is 0 Å². The summed E-state index contributed by atoms with van der Waals surface area (Å²) in [5.74, 6) is -0.760. The van der Waals surface area contributed by atoms with Gasteiger partial charge in [0.15, 0.2) is 17.3 Å². The second kappa shape index (κ2) is 5.91. The number of nitrogens with one attached hydrogen (secondary N) is 1. The molecule has 22 heavy (non-hydrogen) atoms. The number of halogens is 3. The summed E-state index contributed by atoms with van der Waals surface area (Å²) < 4.78 is 28.0. The molecule has 0 saturated carbocycles. The molecule has 112 valence electrons. The van der Waals surface area contributed by atoms with Crippen LogP contribution in [0.2, 0.25) is 0 Å². The average Bonchev–Trinajstić information content (AvgIpc) is 2.51. The highest BCUT2D eigenvalue weighted by Crippen LogP contribution is 2.29. The molecular formula is C14H10BrF2N4O+. The van der Waals surface area contributed by atoms with Crippen LogP contribution in [0.4, 0.5) is 26.0 Å². The number of nitrogens with two attached hydrogens (primary N) is 1. The standard InChI is InChI=1S/C14H9BrF2N4O/c15-8-2-1-3-10(13(8)17)20-14-7-4-12(21-22)9(16)5-11(7)18-6-19-14/h1-6,21-22H,(H,18,19,20)/p+1. The minimum absolute atomic E-state index is 0.0000594. The van der Waals surface area contributed by atoms with Crippen molar-refractivity contribution in [1.82, 2.24) is 9.97 Å². The van der Waals surface area contributed by atoms with E-state index >= 15 is 0 Å². The van der Waals surface area contributed by atoms with E-state index in [1.807, 2.05) is 0 Å². The van der Waals surface area contributed by atoms with Crippen molar-refractivity contribution in [1.29, 1.82) is 0 Å². The van der Waals surface area contributed by atoms with Gasteiger partial charge in [0.05, 0.1) is 15.7 Å². The van der Waals surface area contributed by atoms with Crippen LogP contribution in [0.5, 0.6) is 0 Å². The van der Waals surface area contributed by atoms with E-state index < -0.39 is 11.6 Å². The molecule has 1 heterocycles. The Morgan fingerprint density at radius 3 is 2.77 bits per heavy atom. The number of fused-ring (bicyclic) bond motifs is 1. The zero-order valence-corrected chi connectivity index (χ0v) is 12.6. The molecule has 0 aliphatic heterocycles. The minimum atomic E-state index is -0.603. The van der Waals surface area contributed by atoms with Crippen LogP contribution in [0, 0.1) is 11.6 Å². The number of benzene rings is 2. The Balaban J connectivity index is 2.12. The largest absolute Gasteiger partial charge is 0.337 e. The molecule has 5 nitrogen and oxygen atoms in total. The van der Waals surface area contributed by atoms with Crippen LogP contribution in [0.15, 0.2) is 41.1 Å². The lowest BCUT2D eigenvalue weighted by molar-refractivity contribution is -0.826. The average molecular weight is 368 g/mol. The van der Waals surface area contributed by atoms with Gasteiger partial charge in [-0.25, -0.2) is 24.0 Å². The molecule has 3 aromatic rings. The third-order valence-corrected chi connectivity index (χ3v) is 3.71. The number of nitrogens with zero attached hydrogens (tertiary/aromatic N) is 2. The normalized spacial score (nSPS) is 10.9. The summed E-state index contributed by atoms with van der Waals surface area (Å²) in [6.45, 7) is 0. The molecule has 0 aliphatic rings. The molecule has 0 spiro atoms. The molecule has 8 heteroatoms. The highest BCUT2D eigenvalue weighted by atomic mass is 79.9. The van der Waals surface area contributed by atoms with Gasteiger partial charge in [0, 0.05) is 17.5 Å². The van der Waals surface area contributed by atoms with E-state index in [-0.39, 0.29) is 11.4 Å². The van der Waals surface area contributed by atoms with Crippen molar-refractivity contribution in [3.05, 3.63) is 52.8 Å². The zero-order valence-electron chi connectivity index (χ0n) is 11.0. The van der Waals surface area contributed by atoms with Gasteiger partial charge in [-0.3, -0.25) is 0 Å². The van der Waals surface area contributed by atoms with E-state index in [4.69, 9.17) is 5.21 Å². The van der Waals surface area contributed by atoms with Gasteiger partial charge in [-0.2, -0.15) is 5.48 Å². The Morgan fingerprint density at radius 1 is 1.18 bits per heavy atom. The van der Waals surface area contributed by atoms with E-state index in [2.05, 4.69) is 31.2 Å². The second-order valence-corrected chi connectivity index (χ2v) is 5.32. The van der Waals surface area contributed by atoms with Crippen LogP contribution < -0.4 is 10.8 Å². The molecule has 2 aromatic carbocycles. The Kier molecular flexibility index (Phi) is 3.97. The van der Waals surface area contributed by atoms with Crippen molar-refractivity contribution in [2.75, 3.05) is 5.32 Å². The van der Waals surface area contributed by atoms with E-state index in [0.29, 0.717) is 26.7 Å². The maximum atomic E-state index is 14.0. The summed E-state index contributed by atoms with van der Waals surface area (Å²) >= 11 is 3.11. The van der Waals surface area contributed by atoms with Crippen LogP contribution in [0.1, 0.15) is 0 Å². The summed E-state index contributed by atoms with van der Waals surface area (Å²) in [5.41, 5.74) is 1.22. The van der Waals surface area contributed by atoms with Gasteiger partial charge in [-0.15, -0.1) is 0 Å². The maximum Gasteiger partial charge on any atom is 0.198 e. The van der Waals surface area contributed by atoms with Crippen molar-refractivity contribution >= 4 is 44.0 Å². The van der Waals surface area contributed by atoms with Gasteiger partial charge in [-0.05, 0) is 28.1 Å². The monoisotopic (exact) mass is 367 g/mol. The summed E-state index contributed by atoms with van der Waals surface area (Å²) in [5, 5.41) is 12.4. The number of hydrogen-bond acceptors (Lipinski definition) is 4. The van der Waals surface area contributed by atoms with E-state index in [1.54, 1.807) is 18.2 Å². The summed E-state index contributed by atoms with van der Waals surface area (Å²) in [6, 6.07) is 7.37. The fourth-order valence-corrected chi connectivity index (χ4v) is 2.39. The van der Waals surface area contributed by atoms with Gasteiger partial charge in [0.2, 0.25) is 0 Å². The molecule has 0 fully saturated rings. The smallest absolute Gasteiger partial charge is 0.198 e. The first-order chi connectivity index (χ1) is 10.6. The van der Waals surface area contributed by atoms with Gasteiger partial charge in [0.1, 0.15) is 12.1 Å². The SMILES string of the molecule is O[NH2+]c1cc2c(Nc3cccc(Br)c3F)ncnc2cc1F. The van der Waals surface area contributed by atoms with Crippen LogP contribution in [0.3, 0.4) is 0 Å². The zero-order chi connectivity index (χ0) is 15.7. The maximum absolute atomic E-state index is 14.0. The lowest BCUT2D eigenvalue weighted by Gasteiger charge is -2.10. The number of quaternary nitrogens is 1. The fraction of sp³-hybridized carbons (Fsp3) is 0. The summed E-state index contributed by atoms with van der Waals surface area (Å²) in [4.78, 5) is 8.03. The molecule has 0 bridgehead atoms. The lowest BCUT2D eigenvalue weighted by Crippen LogP contribution is -2.74. The fourth-order valence-electron chi connectivity index (χ4n) is 2.02. The summed E-state index contributed by atoms with van der Waals surface area (Å²) in [6.07, 6.45) is 1.25. The molecule has 1 aromatic heterocycles. The van der Waals surface area contributed by atoms with Crippen LogP contribution in [-0.4, -0.2) is 15.2 Å². The predicted octanol–water partition coefficient (Wildman–Crippen LogP) is 3.00. The number of hydrogen-bond donors (Lipinski definition) is 3. The molecule has 0 radical (unpaired) electrons. The molecular weight excluding hydrogens is 358 g/mol. The van der Waals surface area contributed by atoms with Crippen LogP contribution in [0.25, 0.3) is 10.9 Å². The Hall–Kier alpha value is -2.16. The van der Waals surface area contributed by atoms with E-state index in [0.717, 1.165) is 0 Å². The van der Waals surface area contributed by atoms with Gasteiger partial charge in [-0.1, -0.05) is 6.07 Å². The van der Waals surface area contributed by atoms with Gasteiger partial charge < -0.3 is 5.32 Å². The first-order valence-corrected chi connectivity index (χ1v) is 7.02. The van der Waals surface area contributed by atoms with Gasteiger partial charge >= 0.3 is 0 Å². The first kappa shape index (κ1) is 14.8. The first-order valence-electron chi connectivity index (χ1n) is 6.23. The third kappa shape index (κ3) is 2.63. The number of aromatic nitrogens is 2. The molecule has 0 amide bonds. The molecule has 0 aliphatic carbocycles. The van der Waals surface area contributed by atoms with Crippen molar-refractivity contribution < 1.29 is 19.5 Å². The molecule has 0 saturated heterocycles. The van der Waals surface area contributed by atoms with Gasteiger partial charge in [0.25, 0.3) is 0 Å². The van der Waals surface area contributed by atoms with Crippen molar-refractivity contribution in [3.8, 4) is 0 Å². The van der Waals surface area contributed by atoms with Crippen LogP contribution >= 0.6 is 15.9 Å². The lowest BCUT2D eigenvalue weighted by atomic mass is 10.2. The number of rotatable bonds is 3. The van der Waals surface area contributed by atoms with Crippen molar-refractivity contribution in [2.45, 2.75) is 0 Å². The molecule has 3 rings (SSSR count). The highest BCUT2D eigenvalue weighted by molar-refractivity contribution is 9.10. The molecule has 0 atom stereocenters. The third-order valence-electron chi connectivity index (χ3n) is 3.10. The Morgan fingerprint density at radius 2 is 2.00 bits per heavy atom. The van der Waals surface area contributed by atoms with Crippen molar-refractivity contribution in [3.63, 3.8) is 0 Å². The molecule has 0 unspecified atom stereocenters. The van der Waals surface area contributed by atoms with Crippen LogP contribution in [-0.2, 0) is 0 Å². The Bertz CT molecular complexity index is 860. The highest BCUT2D eigenvalue weighted by Gasteiger charge is 2.14.